The van der Waals surface area contributed by atoms with Gasteiger partial charge in [-0.25, -0.2) is 4.79 Å². The van der Waals surface area contributed by atoms with Gasteiger partial charge in [0.25, 0.3) is 0 Å². The fourth-order valence-corrected chi connectivity index (χ4v) is 3.41. The highest BCUT2D eigenvalue weighted by Crippen LogP contribution is 2.51. The predicted octanol–water partition coefficient (Wildman–Crippen LogP) is 3.40. The van der Waals surface area contributed by atoms with Gasteiger partial charge in [0.05, 0.1) is 5.92 Å². The van der Waals surface area contributed by atoms with Crippen LogP contribution in [0.15, 0.2) is 12.2 Å². The second-order valence-corrected chi connectivity index (χ2v) is 7.22. The van der Waals surface area contributed by atoms with Gasteiger partial charge in [-0.05, 0) is 46.0 Å². The molecule has 0 heterocycles. The third-order valence-electron chi connectivity index (χ3n) is 4.37. The summed E-state index contributed by atoms with van der Waals surface area (Å²) >= 11 is 0. The summed E-state index contributed by atoms with van der Waals surface area (Å²) in [7, 11) is 0. The molecule has 0 spiro atoms. The summed E-state index contributed by atoms with van der Waals surface area (Å²) in [4.78, 5) is 23.8. The Morgan fingerprint density at radius 1 is 1.13 bits per heavy atom. The summed E-state index contributed by atoms with van der Waals surface area (Å²) in [5.74, 6) is -2.63. The standard InChI is InChI=1S/C16H21F3O4/c1-8(16(17,18)19)13(20)22-12-9-5-6-10(12)11(7-9)14(21)23-15(2,3)4/h9-12H,1,5-7H2,2-4H3. The number of halogens is 3. The third-order valence-corrected chi connectivity index (χ3v) is 4.37. The lowest BCUT2D eigenvalue weighted by atomic mass is 9.89. The molecule has 2 saturated carbocycles. The summed E-state index contributed by atoms with van der Waals surface area (Å²) in [5, 5.41) is 0. The quantitative estimate of drug-likeness (QED) is 0.586. The van der Waals surface area contributed by atoms with E-state index in [0.29, 0.717) is 12.8 Å². The van der Waals surface area contributed by atoms with Gasteiger partial charge >= 0.3 is 18.1 Å². The molecule has 2 aliphatic rings. The van der Waals surface area contributed by atoms with E-state index < -0.39 is 35.3 Å². The van der Waals surface area contributed by atoms with Gasteiger partial charge in [-0.1, -0.05) is 6.58 Å². The van der Waals surface area contributed by atoms with Gasteiger partial charge in [-0.3, -0.25) is 4.79 Å². The topological polar surface area (TPSA) is 52.6 Å². The summed E-state index contributed by atoms with van der Waals surface area (Å²) in [6.07, 6.45) is -3.61. The average molecular weight is 334 g/mol. The molecule has 0 aromatic rings. The molecule has 0 amide bonds. The first-order valence-corrected chi connectivity index (χ1v) is 7.60. The molecule has 23 heavy (non-hydrogen) atoms. The minimum absolute atomic E-state index is 0.0949. The highest BCUT2D eigenvalue weighted by molar-refractivity contribution is 5.89. The van der Waals surface area contributed by atoms with Crippen LogP contribution in [-0.2, 0) is 19.1 Å². The summed E-state index contributed by atoms with van der Waals surface area (Å²) < 4.78 is 47.9. The maximum absolute atomic E-state index is 12.5. The first kappa shape index (κ1) is 17.8. The fraction of sp³-hybridized carbons (Fsp3) is 0.750. The number of fused-ring (bicyclic) bond motifs is 2. The van der Waals surface area contributed by atoms with E-state index in [1.807, 2.05) is 0 Å². The van der Waals surface area contributed by atoms with Crippen LogP contribution in [0.3, 0.4) is 0 Å². The van der Waals surface area contributed by atoms with Crippen molar-refractivity contribution in [3.05, 3.63) is 12.2 Å². The van der Waals surface area contributed by atoms with E-state index in [9.17, 15) is 22.8 Å². The lowest BCUT2D eigenvalue weighted by Gasteiger charge is -2.26. The van der Waals surface area contributed by atoms with Crippen LogP contribution < -0.4 is 0 Å². The number of rotatable bonds is 3. The van der Waals surface area contributed by atoms with Crippen molar-refractivity contribution in [3.63, 3.8) is 0 Å². The molecule has 0 N–H and O–H groups in total. The second-order valence-electron chi connectivity index (χ2n) is 7.22. The number of hydrogen-bond donors (Lipinski definition) is 0. The van der Waals surface area contributed by atoms with Crippen LogP contribution in [0.4, 0.5) is 13.2 Å². The third kappa shape index (κ3) is 3.87. The SMILES string of the molecule is C=C(C(=O)OC1C2CCC1C(C(=O)OC(C)(C)C)C2)C(F)(F)F. The van der Waals surface area contributed by atoms with Crippen LogP contribution in [0.25, 0.3) is 0 Å². The van der Waals surface area contributed by atoms with Crippen LogP contribution in [0.5, 0.6) is 0 Å². The molecule has 4 nitrogen and oxygen atoms in total. The van der Waals surface area contributed by atoms with Crippen molar-refractivity contribution in [1.29, 1.82) is 0 Å². The summed E-state index contributed by atoms with van der Waals surface area (Å²) in [5.41, 5.74) is -2.15. The van der Waals surface area contributed by atoms with E-state index in [1.54, 1.807) is 20.8 Å². The number of carbonyl (C=O) groups is 2. The van der Waals surface area contributed by atoms with Crippen molar-refractivity contribution < 1.29 is 32.2 Å². The molecule has 0 saturated heterocycles. The Balaban J connectivity index is 2.02. The highest BCUT2D eigenvalue weighted by atomic mass is 19.4. The van der Waals surface area contributed by atoms with E-state index in [0.717, 1.165) is 6.42 Å². The molecule has 2 bridgehead atoms. The van der Waals surface area contributed by atoms with Crippen molar-refractivity contribution in [1.82, 2.24) is 0 Å². The Morgan fingerprint density at radius 2 is 1.74 bits per heavy atom. The van der Waals surface area contributed by atoms with E-state index in [-0.39, 0.29) is 17.8 Å². The fourth-order valence-electron chi connectivity index (χ4n) is 3.41. The molecular weight excluding hydrogens is 313 g/mol. The molecule has 0 aromatic carbocycles. The molecule has 4 unspecified atom stereocenters. The van der Waals surface area contributed by atoms with Crippen LogP contribution >= 0.6 is 0 Å². The minimum Gasteiger partial charge on any atom is -0.460 e. The second kappa shape index (κ2) is 5.83. The molecular formula is C16H21F3O4. The van der Waals surface area contributed by atoms with E-state index in [2.05, 4.69) is 6.58 Å². The maximum atomic E-state index is 12.5. The molecule has 7 heteroatoms. The Bertz CT molecular complexity index is 518. The lowest BCUT2D eigenvalue weighted by molar-refractivity contribution is -0.165. The van der Waals surface area contributed by atoms with E-state index in [1.165, 1.54) is 0 Å². The first-order valence-electron chi connectivity index (χ1n) is 7.60. The van der Waals surface area contributed by atoms with Gasteiger partial charge in [-0.2, -0.15) is 13.2 Å². The number of esters is 2. The van der Waals surface area contributed by atoms with Gasteiger partial charge < -0.3 is 9.47 Å². The van der Waals surface area contributed by atoms with Crippen LogP contribution in [0, 0.1) is 17.8 Å². The number of hydrogen-bond acceptors (Lipinski definition) is 4. The number of ether oxygens (including phenoxy) is 2. The van der Waals surface area contributed by atoms with Crippen molar-refractivity contribution in [2.45, 2.75) is 57.9 Å². The molecule has 2 fully saturated rings. The van der Waals surface area contributed by atoms with Crippen LogP contribution in [-0.4, -0.2) is 29.8 Å². The average Bonchev–Trinajstić information content (AvgIpc) is 2.92. The van der Waals surface area contributed by atoms with Crippen LogP contribution in [0.2, 0.25) is 0 Å². The number of carbonyl (C=O) groups excluding carboxylic acids is 2. The van der Waals surface area contributed by atoms with Gasteiger partial charge in [0.2, 0.25) is 0 Å². The molecule has 0 aliphatic heterocycles. The van der Waals surface area contributed by atoms with Gasteiger partial charge in [0.1, 0.15) is 17.3 Å². The normalized spacial score (nSPS) is 30.2. The zero-order valence-electron chi connectivity index (χ0n) is 13.4. The zero-order valence-corrected chi connectivity index (χ0v) is 13.4. The van der Waals surface area contributed by atoms with E-state index >= 15 is 0 Å². The largest absolute Gasteiger partial charge is 0.460 e. The smallest absolute Gasteiger partial charge is 0.422 e. The molecule has 2 rings (SSSR count). The molecule has 2 aliphatic carbocycles. The minimum atomic E-state index is -4.81. The van der Waals surface area contributed by atoms with Gasteiger partial charge in [-0.15, -0.1) is 0 Å². The number of alkyl halides is 3. The molecule has 4 atom stereocenters. The summed E-state index contributed by atoms with van der Waals surface area (Å²) in [6.45, 7) is 8.01. The Labute approximate surface area is 133 Å². The summed E-state index contributed by atoms with van der Waals surface area (Å²) in [6, 6.07) is 0. The Kier molecular flexibility index (Phi) is 4.52. The monoisotopic (exact) mass is 334 g/mol. The van der Waals surface area contributed by atoms with Gasteiger partial charge in [0, 0.05) is 5.92 Å². The first-order chi connectivity index (χ1) is 10.4. The Hall–Kier alpha value is -1.53. The molecule has 0 radical (unpaired) electrons. The van der Waals surface area contributed by atoms with Crippen LogP contribution in [0.1, 0.15) is 40.0 Å². The van der Waals surface area contributed by atoms with E-state index in [4.69, 9.17) is 9.47 Å². The zero-order chi connectivity index (χ0) is 17.6. The maximum Gasteiger partial charge on any atom is 0.422 e. The van der Waals surface area contributed by atoms with Crippen molar-refractivity contribution >= 4 is 11.9 Å². The van der Waals surface area contributed by atoms with Crippen molar-refractivity contribution in [2.75, 3.05) is 0 Å². The predicted molar refractivity (Wildman–Crippen MR) is 75.2 cm³/mol. The molecule has 0 aromatic heterocycles. The van der Waals surface area contributed by atoms with Crippen molar-refractivity contribution in [3.8, 4) is 0 Å². The van der Waals surface area contributed by atoms with Gasteiger partial charge in [0.15, 0.2) is 0 Å². The van der Waals surface area contributed by atoms with Crippen molar-refractivity contribution in [2.24, 2.45) is 17.8 Å². The lowest BCUT2D eigenvalue weighted by Crippen LogP contribution is -2.33. The highest BCUT2D eigenvalue weighted by Gasteiger charge is 2.54. The molecule has 130 valence electrons. The Morgan fingerprint density at radius 3 is 2.26 bits per heavy atom.